The lowest BCUT2D eigenvalue weighted by atomic mass is 10.4. The molecule has 0 atom stereocenters. The Morgan fingerprint density at radius 1 is 1.50 bits per heavy atom. The van der Waals surface area contributed by atoms with Crippen LogP contribution in [0.4, 0.5) is 0 Å². The zero-order chi connectivity index (χ0) is 12.2. The van der Waals surface area contributed by atoms with Crippen LogP contribution in [-0.2, 0) is 16.6 Å². The van der Waals surface area contributed by atoms with Crippen molar-refractivity contribution in [2.45, 2.75) is 31.8 Å². The van der Waals surface area contributed by atoms with Gasteiger partial charge in [0.15, 0.2) is 5.03 Å². The Bertz CT molecular complexity index is 426. The van der Waals surface area contributed by atoms with Gasteiger partial charge in [-0.05, 0) is 6.42 Å². The summed E-state index contributed by atoms with van der Waals surface area (Å²) in [5.74, 6) is 0. The van der Waals surface area contributed by atoms with E-state index >= 15 is 0 Å². The molecule has 0 bridgehead atoms. The average Bonchev–Trinajstić information content (AvgIpc) is 2.74. The van der Waals surface area contributed by atoms with Gasteiger partial charge in [0.1, 0.15) is 0 Å². The van der Waals surface area contributed by atoms with Gasteiger partial charge in [-0.2, -0.15) is 9.40 Å². The zero-order valence-electron chi connectivity index (χ0n) is 9.60. The molecule has 1 rings (SSSR count). The van der Waals surface area contributed by atoms with Crippen molar-refractivity contribution in [2.75, 3.05) is 13.1 Å². The summed E-state index contributed by atoms with van der Waals surface area (Å²) in [6.07, 6.45) is 2.23. The summed E-state index contributed by atoms with van der Waals surface area (Å²) in [6.45, 7) is 4.86. The van der Waals surface area contributed by atoms with Crippen LogP contribution in [0, 0.1) is 0 Å². The van der Waals surface area contributed by atoms with Crippen LogP contribution >= 0.6 is 0 Å². The van der Waals surface area contributed by atoms with Gasteiger partial charge in [-0.1, -0.05) is 13.8 Å². The zero-order valence-corrected chi connectivity index (χ0v) is 10.4. The van der Waals surface area contributed by atoms with E-state index in [9.17, 15) is 8.42 Å². The normalized spacial score (nSPS) is 12.2. The molecule has 0 aliphatic rings. The van der Waals surface area contributed by atoms with Gasteiger partial charge in [0.05, 0.1) is 6.20 Å². The van der Waals surface area contributed by atoms with E-state index in [2.05, 4.69) is 10.2 Å². The molecule has 6 nitrogen and oxygen atoms in total. The van der Waals surface area contributed by atoms with Crippen molar-refractivity contribution in [3.05, 3.63) is 11.8 Å². The first-order valence-corrected chi connectivity index (χ1v) is 6.74. The summed E-state index contributed by atoms with van der Waals surface area (Å²) in [4.78, 5) is 0. The molecule has 0 spiro atoms. The van der Waals surface area contributed by atoms with Gasteiger partial charge in [-0.15, -0.1) is 0 Å². The van der Waals surface area contributed by atoms with E-state index in [1.807, 2.05) is 13.8 Å². The average molecular weight is 246 g/mol. The number of aromatic amines is 1. The molecular formula is C9H18N4O2S. The number of rotatable bonds is 6. The van der Waals surface area contributed by atoms with Crippen molar-refractivity contribution in [3.63, 3.8) is 0 Å². The highest BCUT2D eigenvalue weighted by Crippen LogP contribution is 2.17. The molecule has 92 valence electrons. The van der Waals surface area contributed by atoms with Crippen molar-refractivity contribution in [1.29, 1.82) is 0 Å². The lowest BCUT2D eigenvalue weighted by Crippen LogP contribution is -2.32. The fourth-order valence-electron chi connectivity index (χ4n) is 1.49. The molecule has 0 radical (unpaired) electrons. The first-order valence-electron chi connectivity index (χ1n) is 5.30. The quantitative estimate of drug-likeness (QED) is 0.754. The molecule has 16 heavy (non-hydrogen) atoms. The van der Waals surface area contributed by atoms with E-state index in [1.165, 1.54) is 10.5 Å². The van der Waals surface area contributed by atoms with Crippen molar-refractivity contribution in [1.82, 2.24) is 14.5 Å². The maximum Gasteiger partial charge on any atom is 0.260 e. The molecule has 0 saturated carbocycles. The van der Waals surface area contributed by atoms with Crippen LogP contribution in [0.15, 0.2) is 11.2 Å². The SMILES string of the molecule is CCCN(CC)S(=O)(=O)c1[nH]ncc1CN. The third kappa shape index (κ3) is 2.42. The van der Waals surface area contributed by atoms with Crippen LogP contribution in [0.25, 0.3) is 0 Å². The van der Waals surface area contributed by atoms with Crippen molar-refractivity contribution < 1.29 is 8.42 Å². The van der Waals surface area contributed by atoms with E-state index in [4.69, 9.17) is 5.73 Å². The summed E-state index contributed by atoms with van der Waals surface area (Å²) in [6, 6.07) is 0. The minimum Gasteiger partial charge on any atom is -0.326 e. The van der Waals surface area contributed by atoms with Gasteiger partial charge >= 0.3 is 0 Å². The highest BCUT2D eigenvalue weighted by molar-refractivity contribution is 7.89. The molecular weight excluding hydrogens is 228 g/mol. The predicted molar refractivity (Wildman–Crippen MR) is 61.2 cm³/mol. The van der Waals surface area contributed by atoms with Gasteiger partial charge in [-0.3, -0.25) is 5.10 Å². The van der Waals surface area contributed by atoms with Crippen LogP contribution in [-0.4, -0.2) is 36.0 Å². The van der Waals surface area contributed by atoms with Crippen molar-refractivity contribution in [3.8, 4) is 0 Å². The van der Waals surface area contributed by atoms with Crippen LogP contribution in [0.3, 0.4) is 0 Å². The van der Waals surface area contributed by atoms with E-state index in [0.29, 0.717) is 18.7 Å². The molecule has 7 heteroatoms. The van der Waals surface area contributed by atoms with E-state index in [-0.39, 0.29) is 11.6 Å². The third-order valence-corrected chi connectivity index (χ3v) is 4.31. The lowest BCUT2D eigenvalue weighted by molar-refractivity contribution is 0.424. The first kappa shape index (κ1) is 13.1. The van der Waals surface area contributed by atoms with Crippen LogP contribution in [0.5, 0.6) is 0 Å². The smallest absolute Gasteiger partial charge is 0.260 e. The lowest BCUT2D eigenvalue weighted by Gasteiger charge is -2.19. The Balaban J connectivity index is 3.09. The molecule has 0 amide bonds. The first-order chi connectivity index (χ1) is 7.57. The van der Waals surface area contributed by atoms with Gasteiger partial charge in [0.25, 0.3) is 10.0 Å². The summed E-state index contributed by atoms with van der Waals surface area (Å²) >= 11 is 0. The Morgan fingerprint density at radius 3 is 2.69 bits per heavy atom. The minimum absolute atomic E-state index is 0.116. The van der Waals surface area contributed by atoms with Gasteiger partial charge < -0.3 is 5.73 Å². The number of nitrogens with two attached hydrogens (primary N) is 1. The van der Waals surface area contributed by atoms with Crippen molar-refractivity contribution >= 4 is 10.0 Å². The Labute approximate surface area is 95.9 Å². The van der Waals surface area contributed by atoms with E-state index < -0.39 is 10.0 Å². The summed E-state index contributed by atoms with van der Waals surface area (Å²) < 4.78 is 25.8. The minimum atomic E-state index is -3.48. The van der Waals surface area contributed by atoms with E-state index in [1.54, 1.807) is 0 Å². The maximum atomic E-state index is 12.2. The highest BCUT2D eigenvalue weighted by atomic mass is 32.2. The molecule has 1 heterocycles. The second kappa shape index (κ2) is 5.42. The highest BCUT2D eigenvalue weighted by Gasteiger charge is 2.26. The number of aromatic nitrogens is 2. The van der Waals surface area contributed by atoms with E-state index in [0.717, 1.165) is 6.42 Å². The fourth-order valence-corrected chi connectivity index (χ4v) is 3.15. The summed E-state index contributed by atoms with van der Waals surface area (Å²) in [5.41, 5.74) is 5.99. The molecule has 0 fully saturated rings. The number of nitrogens with zero attached hydrogens (tertiary/aromatic N) is 2. The Hall–Kier alpha value is -0.920. The molecule has 0 aliphatic carbocycles. The van der Waals surface area contributed by atoms with Crippen LogP contribution in [0.1, 0.15) is 25.8 Å². The molecule has 0 aromatic carbocycles. The number of H-pyrrole nitrogens is 1. The Kier molecular flexibility index (Phi) is 4.45. The number of hydrogen-bond donors (Lipinski definition) is 2. The van der Waals surface area contributed by atoms with Gasteiger partial charge in [0, 0.05) is 25.2 Å². The molecule has 0 saturated heterocycles. The number of sulfonamides is 1. The molecule has 1 aromatic rings. The maximum absolute atomic E-state index is 12.2. The monoisotopic (exact) mass is 246 g/mol. The van der Waals surface area contributed by atoms with Gasteiger partial charge in [-0.25, -0.2) is 8.42 Å². The van der Waals surface area contributed by atoms with Crippen molar-refractivity contribution in [2.24, 2.45) is 5.73 Å². The van der Waals surface area contributed by atoms with Gasteiger partial charge in [0.2, 0.25) is 0 Å². The predicted octanol–water partition coefficient (Wildman–Crippen LogP) is 0.289. The third-order valence-electron chi connectivity index (χ3n) is 2.32. The summed E-state index contributed by atoms with van der Waals surface area (Å²) in [5, 5.41) is 6.35. The molecule has 0 unspecified atom stereocenters. The largest absolute Gasteiger partial charge is 0.326 e. The number of hydrogen-bond acceptors (Lipinski definition) is 4. The van der Waals surface area contributed by atoms with Crippen LogP contribution < -0.4 is 5.73 Å². The topological polar surface area (TPSA) is 92.1 Å². The number of nitrogens with one attached hydrogen (secondary N) is 1. The second-order valence-electron chi connectivity index (χ2n) is 3.43. The Morgan fingerprint density at radius 2 is 2.19 bits per heavy atom. The molecule has 3 N–H and O–H groups in total. The fraction of sp³-hybridized carbons (Fsp3) is 0.667. The summed E-state index contributed by atoms with van der Waals surface area (Å²) in [7, 11) is -3.48. The molecule has 0 aliphatic heterocycles. The second-order valence-corrected chi connectivity index (χ2v) is 5.30. The van der Waals surface area contributed by atoms with Crippen LogP contribution in [0.2, 0.25) is 0 Å². The molecule has 1 aromatic heterocycles. The standard InChI is InChI=1S/C9H18N4O2S/c1-3-5-13(4-2)16(14,15)9-8(6-10)7-11-12-9/h7H,3-6,10H2,1-2H3,(H,11,12).